The summed E-state index contributed by atoms with van der Waals surface area (Å²) in [5.41, 5.74) is 2.26. The van der Waals surface area contributed by atoms with E-state index in [1.807, 2.05) is 24.3 Å². The number of halogens is 2. The summed E-state index contributed by atoms with van der Waals surface area (Å²) in [7, 11) is 1.54. The van der Waals surface area contributed by atoms with Crippen molar-refractivity contribution in [3.63, 3.8) is 0 Å². The van der Waals surface area contributed by atoms with Gasteiger partial charge in [0, 0.05) is 11.2 Å². The van der Waals surface area contributed by atoms with Crippen LogP contribution in [0.5, 0.6) is 11.5 Å². The molecule has 168 valence electrons. The second kappa shape index (κ2) is 10.4. The number of rotatable bonds is 7. The number of benzene rings is 2. The SMILES string of the molecule is COc1cc(/C=C2\SC(=O)N(Cc3cccc(Cl)c3)C2=O)cc(Br)c1OCc1ccccn1. The Bertz CT molecular complexity index is 1240. The Morgan fingerprint density at radius 1 is 1.15 bits per heavy atom. The van der Waals surface area contributed by atoms with E-state index in [1.165, 1.54) is 12.0 Å². The summed E-state index contributed by atoms with van der Waals surface area (Å²) in [6, 6.07) is 16.2. The summed E-state index contributed by atoms with van der Waals surface area (Å²) in [5, 5.41) is 0.227. The third-order valence-electron chi connectivity index (χ3n) is 4.74. The van der Waals surface area contributed by atoms with E-state index in [0.29, 0.717) is 31.5 Å². The Labute approximate surface area is 208 Å². The third-order valence-corrected chi connectivity index (χ3v) is 6.47. The van der Waals surface area contributed by atoms with Crippen molar-refractivity contribution < 1.29 is 19.1 Å². The topological polar surface area (TPSA) is 68.7 Å². The maximum atomic E-state index is 12.9. The highest BCUT2D eigenvalue weighted by Crippen LogP contribution is 2.39. The zero-order chi connectivity index (χ0) is 23.4. The quantitative estimate of drug-likeness (QED) is 0.324. The first-order valence-corrected chi connectivity index (χ1v) is 11.8. The summed E-state index contributed by atoms with van der Waals surface area (Å²) in [6.45, 7) is 0.438. The van der Waals surface area contributed by atoms with Gasteiger partial charge in [-0.1, -0.05) is 29.8 Å². The summed E-state index contributed by atoms with van der Waals surface area (Å²) >= 11 is 10.4. The van der Waals surface area contributed by atoms with Gasteiger partial charge in [-0.3, -0.25) is 19.5 Å². The smallest absolute Gasteiger partial charge is 0.293 e. The molecule has 0 spiro atoms. The minimum Gasteiger partial charge on any atom is -0.493 e. The lowest BCUT2D eigenvalue weighted by molar-refractivity contribution is -0.123. The van der Waals surface area contributed by atoms with Crippen LogP contribution in [-0.2, 0) is 17.9 Å². The summed E-state index contributed by atoms with van der Waals surface area (Å²) < 4.78 is 12.0. The number of carbonyl (C=O) groups is 2. The van der Waals surface area contributed by atoms with Gasteiger partial charge in [0.25, 0.3) is 11.1 Å². The number of nitrogens with zero attached hydrogens (tertiary/aromatic N) is 2. The van der Waals surface area contributed by atoms with Crippen LogP contribution in [-0.4, -0.2) is 28.1 Å². The Morgan fingerprint density at radius 2 is 2.00 bits per heavy atom. The first-order valence-electron chi connectivity index (χ1n) is 9.84. The van der Waals surface area contributed by atoms with E-state index in [1.54, 1.807) is 42.6 Å². The van der Waals surface area contributed by atoms with Crippen molar-refractivity contribution >= 4 is 56.5 Å². The van der Waals surface area contributed by atoms with E-state index in [4.69, 9.17) is 21.1 Å². The van der Waals surface area contributed by atoms with E-state index < -0.39 is 0 Å². The molecule has 6 nitrogen and oxygen atoms in total. The second-order valence-electron chi connectivity index (χ2n) is 7.04. The molecule has 1 aliphatic heterocycles. The molecule has 0 aliphatic carbocycles. The van der Waals surface area contributed by atoms with Crippen LogP contribution in [0.25, 0.3) is 6.08 Å². The maximum absolute atomic E-state index is 12.9. The van der Waals surface area contributed by atoms with Crippen molar-refractivity contribution in [2.45, 2.75) is 13.2 Å². The predicted octanol–water partition coefficient (Wildman–Crippen LogP) is 6.32. The van der Waals surface area contributed by atoms with Crippen LogP contribution in [0.3, 0.4) is 0 Å². The molecule has 1 fully saturated rings. The van der Waals surface area contributed by atoms with E-state index >= 15 is 0 Å². The number of aromatic nitrogens is 1. The van der Waals surface area contributed by atoms with Gasteiger partial charge in [0.1, 0.15) is 6.61 Å². The molecule has 0 bridgehead atoms. The average molecular weight is 546 g/mol. The molecule has 0 N–H and O–H groups in total. The van der Waals surface area contributed by atoms with Gasteiger partial charge in [0.15, 0.2) is 11.5 Å². The van der Waals surface area contributed by atoms with Crippen molar-refractivity contribution in [1.82, 2.24) is 9.88 Å². The summed E-state index contributed by atoms with van der Waals surface area (Å²) in [4.78, 5) is 31.1. The van der Waals surface area contributed by atoms with Crippen molar-refractivity contribution in [3.05, 3.63) is 92.0 Å². The molecule has 1 aromatic heterocycles. The largest absolute Gasteiger partial charge is 0.493 e. The van der Waals surface area contributed by atoms with Crippen LogP contribution >= 0.6 is 39.3 Å². The van der Waals surface area contributed by atoms with E-state index in [9.17, 15) is 9.59 Å². The Balaban J connectivity index is 1.54. The molecule has 9 heteroatoms. The molecule has 33 heavy (non-hydrogen) atoms. The van der Waals surface area contributed by atoms with Crippen LogP contribution < -0.4 is 9.47 Å². The molecule has 3 aromatic rings. The van der Waals surface area contributed by atoms with Crippen molar-refractivity contribution in [2.24, 2.45) is 0 Å². The number of hydrogen-bond acceptors (Lipinski definition) is 6. The maximum Gasteiger partial charge on any atom is 0.293 e. The van der Waals surface area contributed by atoms with Crippen LogP contribution in [0.1, 0.15) is 16.8 Å². The van der Waals surface area contributed by atoms with Crippen molar-refractivity contribution in [2.75, 3.05) is 7.11 Å². The number of imide groups is 1. The molecule has 0 unspecified atom stereocenters. The number of ether oxygens (including phenoxy) is 2. The molecule has 1 aliphatic rings. The Kier molecular flexibility index (Phi) is 7.37. The molecule has 4 rings (SSSR count). The number of carbonyl (C=O) groups excluding carboxylic acids is 2. The highest BCUT2D eigenvalue weighted by atomic mass is 79.9. The average Bonchev–Trinajstić information content (AvgIpc) is 3.06. The number of amides is 2. The van der Waals surface area contributed by atoms with Gasteiger partial charge in [-0.25, -0.2) is 0 Å². The van der Waals surface area contributed by atoms with Gasteiger partial charge >= 0.3 is 0 Å². The number of methoxy groups -OCH3 is 1. The van der Waals surface area contributed by atoms with Gasteiger partial charge in [0.2, 0.25) is 0 Å². The second-order valence-corrected chi connectivity index (χ2v) is 9.33. The molecule has 0 radical (unpaired) electrons. The minimum atomic E-state index is -0.351. The number of pyridine rings is 1. The minimum absolute atomic E-state index is 0.163. The monoisotopic (exact) mass is 544 g/mol. The normalized spacial score (nSPS) is 14.8. The first-order chi connectivity index (χ1) is 15.9. The number of thioether (sulfide) groups is 1. The highest BCUT2D eigenvalue weighted by Gasteiger charge is 2.35. The first kappa shape index (κ1) is 23.4. The van der Waals surface area contributed by atoms with Gasteiger partial charge in [-0.15, -0.1) is 0 Å². The molecular formula is C24H18BrClN2O4S. The lowest BCUT2D eigenvalue weighted by atomic mass is 10.1. The van der Waals surface area contributed by atoms with Gasteiger partial charge in [-0.05, 0) is 81.3 Å². The van der Waals surface area contributed by atoms with Crippen LogP contribution in [0.15, 0.2) is 70.2 Å². The molecule has 0 saturated carbocycles. The standard InChI is InChI=1S/C24H18BrClN2O4S/c1-31-20-11-16(10-19(25)22(20)32-14-18-7-2-3-8-27-18)12-21-23(29)28(24(30)33-21)13-15-5-4-6-17(26)9-15/h2-12H,13-14H2,1H3/b21-12-. The molecule has 2 amide bonds. The van der Waals surface area contributed by atoms with Crippen LogP contribution in [0.2, 0.25) is 5.02 Å². The van der Waals surface area contributed by atoms with Crippen molar-refractivity contribution in [3.8, 4) is 11.5 Å². The Morgan fingerprint density at radius 3 is 2.73 bits per heavy atom. The molecule has 2 heterocycles. The predicted molar refractivity (Wildman–Crippen MR) is 132 cm³/mol. The van der Waals surface area contributed by atoms with Gasteiger partial charge in [-0.2, -0.15) is 0 Å². The zero-order valence-electron chi connectivity index (χ0n) is 17.5. The van der Waals surface area contributed by atoms with Gasteiger partial charge < -0.3 is 9.47 Å². The third kappa shape index (κ3) is 5.58. The van der Waals surface area contributed by atoms with Gasteiger partial charge in [0.05, 0.1) is 28.7 Å². The van der Waals surface area contributed by atoms with Crippen LogP contribution in [0.4, 0.5) is 4.79 Å². The highest BCUT2D eigenvalue weighted by molar-refractivity contribution is 9.10. The lowest BCUT2D eigenvalue weighted by Gasteiger charge is -2.14. The summed E-state index contributed by atoms with van der Waals surface area (Å²) in [6.07, 6.45) is 3.37. The molecule has 0 atom stereocenters. The fourth-order valence-corrected chi connectivity index (χ4v) is 4.82. The Hall–Kier alpha value is -2.81. The lowest BCUT2D eigenvalue weighted by Crippen LogP contribution is -2.27. The fourth-order valence-electron chi connectivity index (χ4n) is 3.20. The van der Waals surface area contributed by atoms with Crippen molar-refractivity contribution in [1.29, 1.82) is 0 Å². The molecular weight excluding hydrogens is 528 g/mol. The van der Waals surface area contributed by atoms with E-state index in [-0.39, 0.29) is 24.3 Å². The van der Waals surface area contributed by atoms with E-state index in [2.05, 4.69) is 20.9 Å². The van der Waals surface area contributed by atoms with E-state index in [0.717, 1.165) is 23.0 Å². The summed E-state index contributed by atoms with van der Waals surface area (Å²) in [5.74, 6) is 0.662. The zero-order valence-corrected chi connectivity index (χ0v) is 20.6. The number of hydrogen-bond donors (Lipinski definition) is 0. The van der Waals surface area contributed by atoms with Crippen LogP contribution in [0, 0.1) is 0 Å². The molecule has 2 aromatic carbocycles. The fraction of sp³-hybridized carbons (Fsp3) is 0.125. The molecule has 1 saturated heterocycles.